The van der Waals surface area contributed by atoms with Crippen LogP contribution in [0.15, 0.2) is 346 Å². The van der Waals surface area contributed by atoms with Gasteiger partial charge in [0.15, 0.2) is 0 Å². The quantitative estimate of drug-likeness (QED) is 0.105. The van der Waals surface area contributed by atoms with Gasteiger partial charge in [0.2, 0.25) is 0 Å². The van der Waals surface area contributed by atoms with E-state index in [1.54, 1.807) is 5.56 Å². The average molecular weight is 1560 g/mol. The molecule has 2 heterocycles. The Morgan fingerprint density at radius 2 is 0.482 bits per heavy atom. The Morgan fingerprint density at radius 1 is 0.205 bits per heavy atom. The molecular formula is C110H78Se2. The van der Waals surface area contributed by atoms with Crippen LogP contribution in [0.4, 0.5) is 0 Å². The van der Waals surface area contributed by atoms with E-state index in [0.717, 1.165) is 23.7 Å². The zero-order valence-electron chi connectivity index (χ0n) is 62.6. The van der Waals surface area contributed by atoms with Crippen LogP contribution in [0.3, 0.4) is 0 Å². The van der Waals surface area contributed by atoms with Gasteiger partial charge >= 0.3 is 670 Å². The Labute approximate surface area is 664 Å². The van der Waals surface area contributed by atoms with Crippen LogP contribution in [-0.2, 0) is 0 Å². The maximum atomic E-state index is 2.52. The van der Waals surface area contributed by atoms with Crippen molar-refractivity contribution >= 4 is 154 Å². The first-order valence-corrected chi connectivity index (χ1v) is 43.7. The second-order valence-corrected chi connectivity index (χ2v) is 36.8. The van der Waals surface area contributed by atoms with Crippen molar-refractivity contribution in [3.8, 4) is 77.9 Å². The molecule has 0 nitrogen and oxygen atoms in total. The van der Waals surface area contributed by atoms with E-state index in [4.69, 9.17) is 0 Å². The monoisotopic (exact) mass is 1560 g/mol. The van der Waals surface area contributed by atoms with Crippen molar-refractivity contribution < 1.29 is 0 Å². The summed E-state index contributed by atoms with van der Waals surface area (Å²) in [5, 5.41) is 27.1. The van der Waals surface area contributed by atoms with Crippen LogP contribution in [-0.4, -0.2) is 29.0 Å². The van der Waals surface area contributed by atoms with E-state index in [-0.39, 0.29) is 29.0 Å². The zero-order valence-corrected chi connectivity index (χ0v) is 66.1. The molecule has 4 aliphatic carbocycles. The van der Waals surface area contributed by atoms with E-state index in [2.05, 4.69) is 360 Å². The van der Waals surface area contributed by atoms with Crippen LogP contribution in [0.1, 0.15) is 54.7 Å². The number of aryl methyl sites for hydroxylation is 2. The van der Waals surface area contributed by atoms with Crippen LogP contribution >= 0.6 is 0 Å². The van der Waals surface area contributed by atoms with Crippen molar-refractivity contribution in [3.05, 3.63) is 362 Å². The summed E-state index contributed by atoms with van der Waals surface area (Å²) in [7, 11) is 0. The van der Waals surface area contributed by atoms with E-state index in [1.165, 1.54) is 246 Å². The summed E-state index contributed by atoms with van der Waals surface area (Å²) >= 11 is 0.359. The summed E-state index contributed by atoms with van der Waals surface area (Å²) in [6.45, 7) is 4.50. The molecule has 2 heteroatoms. The van der Waals surface area contributed by atoms with Gasteiger partial charge in [-0.05, 0) is 0 Å². The Bertz CT molecular complexity index is 7200. The molecule has 19 aromatic carbocycles. The molecule has 0 unspecified atom stereocenters. The molecular weight excluding hydrogens is 1480 g/mol. The van der Waals surface area contributed by atoms with Crippen molar-refractivity contribution in [1.29, 1.82) is 0 Å². The standard InChI is InChI=1S/C56H42Se.C54H36Se/c1-2-13-35(14-3-1)52-39-15-4-6-17-41(39)53(42-18-7-5-16-40(42)52)36-25-26-50-49(32-36)47-23-12-24-48(56(47)57-50)54-43-19-8-10-21-45(43)55(46-22-11-9-20-44(46)54)51-37-28-33-27-34(30-37)31-38(51)29-33;1-33-16-14-17-34(2)49(33)53-43-26-12-10-24-41(43)52(42-25-11-13-27-44(42)53)46-29-15-28-45-47-32-36(30-31-48(47)55-54(45)46)51-39-22-8-6-20-37(39)50(35-18-4-3-5-19-35)38-21-7-9-23-40(38)51/h1-26,32-34,37-38,51H,27-31H2;3-32H,1-2H3. The van der Waals surface area contributed by atoms with Gasteiger partial charge < -0.3 is 0 Å². The van der Waals surface area contributed by atoms with Crippen molar-refractivity contribution in [3.63, 3.8) is 0 Å². The van der Waals surface area contributed by atoms with E-state index in [1.807, 2.05) is 0 Å². The predicted octanol–water partition coefficient (Wildman–Crippen LogP) is 30.2. The molecule has 0 spiro atoms. The first kappa shape index (κ1) is 66.1. The summed E-state index contributed by atoms with van der Waals surface area (Å²) in [5.41, 5.74) is 22.9. The number of fused-ring (bicyclic) bond motifs is 14. The van der Waals surface area contributed by atoms with Gasteiger partial charge in [0.05, 0.1) is 0 Å². The number of rotatable bonds is 8. The first-order valence-electron chi connectivity index (χ1n) is 40.3. The molecule has 0 aliphatic heterocycles. The van der Waals surface area contributed by atoms with E-state index < -0.39 is 0 Å². The molecule has 4 saturated carbocycles. The van der Waals surface area contributed by atoms with Crippen LogP contribution in [0.2, 0.25) is 0 Å². The molecule has 21 aromatic rings. The van der Waals surface area contributed by atoms with Gasteiger partial charge in [0.25, 0.3) is 0 Å². The van der Waals surface area contributed by atoms with Gasteiger partial charge in [0, 0.05) is 0 Å². The third kappa shape index (κ3) is 10.3. The zero-order chi connectivity index (χ0) is 73.8. The van der Waals surface area contributed by atoms with Gasteiger partial charge in [-0.3, -0.25) is 0 Å². The van der Waals surface area contributed by atoms with Crippen LogP contribution in [0.5, 0.6) is 0 Å². The molecule has 0 saturated heterocycles. The second kappa shape index (κ2) is 26.5. The fourth-order valence-electron chi connectivity index (χ4n) is 22.1. The van der Waals surface area contributed by atoms with Gasteiger partial charge in [0.1, 0.15) is 0 Å². The fourth-order valence-corrected chi connectivity index (χ4v) is 27.2. The molecule has 2 aromatic heterocycles. The van der Waals surface area contributed by atoms with Gasteiger partial charge in [-0.25, -0.2) is 0 Å². The average Bonchev–Trinajstić information content (AvgIpc) is 0.907. The maximum absolute atomic E-state index is 2.52. The third-order valence-corrected chi connectivity index (χ3v) is 31.4. The molecule has 4 aliphatic rings. The molecule has 0 atom stereocenters. The van der Waals surface area contributed by atoms with Crippen molar-refractivity contribution in [2.45, 2.75) is 51.9 Å². The Kier molecular flexibility index (Phi) is 15.6. The Hall–Kier alpha value is -11.7. The summed E-state index contributed by atoms with van der Waals surface area (Å²) in [5.74, 6) is 4.32. The van der Waals surface area contributed by atoms with E-state index in [0.29, 0.717) is 5.92 Å². The molecule has 530 valence electrons. The molecule has 25 rings (SSSR count). The Morgan fingerprint density at radius 3 is 0.830 bits per heavy atom. The van der Waals surface area contributed by atoms with Crippen molar-refractivity contribution in [1.82, 2.24) is 0 Å². The number of hydrogen-bond donors (Lipinski definition) is 0. The molecule has 112 heavy (non-hydrogen) atoms. The molecule has 4 fully saturated rings. The van der Waals surface area contributed by atoms with Gasteiger partial charge in [-0.2, -0.15) is 0 Å². The van der Waals surface area contributed by atoms with E-state index in [9.17, 15) is 0 Å². The second-order valence-electron chi connectivity index (χ2n) is 32.3. The topological polar surface area (TPSA) is 0 Å². The molecule has 0 amide bonds. The summed E-state index contributed by atoms with van der Waals surface area (Å²) in [6.07, 6.45) is 7.28. The molecule has 4 bridgehead atoms. The van der Waals surface area contributed by atoms with Crippen molar-refractivity contribution in [2.24, 2.45) is 23.7 Å². The van der Waals surface area contributed by atoms with Gasteiger partial charge in [-0.1, -0.05) is 0 Å². The van der Waals surface area contributed by atoms with Crippen LogP contribution < -0.4 is 0 Å². The summed E-state index contributed by atoms with van der Waals surface area (Å²) in [6, 6.07) is 131. The summed E-state index contributed by atoms with van der Waals surface area (Å²) < 4.78 is 5.95. The summed E-state index contributed by atoms with van der Waals surface area (Å²) in [4.78, 5) is 0. The molecule has 0 N–H and O–H groups in total. The normalized spacial score (nSPS) is 16.8. The number of benzene rings is 19. The minimum absolute atomic E-state index is 0.161. The first-order chi connectivity index (χ1) is 55.4. The third-order valence-electron chi connectivity index (χ3n) is 26.3. The fraction of sp³-hybridized carbons (Fsp3) is 0.109. The predicted molar refractivity (Wildman–Crippen MR) is 484 cm³/mol. The van der Waals surface area contributed by atoms with Crippen LogP contribution in [0.25, 0.3) is 203 Å². The minimum atomic E-state index is 0.161. The van der Waals surface area contributed by atoms with Crippen LogP contribution in [0, 0.1) is 37.5 Å². The van der Waals surface area contributed by atoms with E-state index >= 15 is 0 Å². The molecule has 0 radical (unpaired) electrons. The number of hydrogen-bond acceptors (Lipinski definition) is 0. The Balaban J connectivity index is 0.000000134. The van der Waals surface area contributed by atoms with Gasteiger partial charge in [-0.15, -0.1) is 0 Å². The SMILES string of the molecule is Cc1cccc(C)c1-c1c2ccccc2c(-c2cccc3c2[se]c2ccc(-c4c5ccccc5c(-c5ccccc5)c5ccccc45)cc23)c2ccccc12.c1ccc(-c2c3ccccc3c(-c3ccc4[se]c5c(-c6c7ccccc7c(C7C8CC9CC(C8)CC7C9)c7ccccc67)cccc5c4c3)c3ccccc23)cc1. The van der Waals surface area contributed by atoms with Crippen molar-refractivity contribution in [2.75, 3.05) is 0 Å².